The van der Waals surface area contributed by atoms with E-state index in [1.807, 2.05) is 6.92 Å². The Bertz CT molecular complexity index is 601. The van der Waals surface area contributed by atoms with Gasteiger partial charge in [-0.25, -0.2) is 14.5 Å². The van der Waals surface area contributed by atoms with Gasteiger partial charge < -0.3 is 24.0 Å². The van der Waals surface area contributed by atoms with E-state index in [1.165, 1.54) is 16.9 Å². The molecule has 2 atom stereocenters. The molecule has 3 heterocycles. The first-order chi connectivity index (χ1) is 10.5. The van der Waals surface area contributed by atoms with Crippen molar-refractivity contribution in [1.82, 2.24) is 10.1 Å². The van der Waals surface area contributed by atoms with E-state index in [4.69, 9.17) is 14.0 Å². The zero-order valence-electron chi connectivity index (χ0n) is 12.3. The Labute approximate surface area is 126 Å². The number of ether oxygens (including phenoxy) is 2. The predicted molar refractivity (Wildman–Crippen MR) is 72.7 cm³/mol. The summed E-state index contributed by atoms with van der Waals surface area (Å²) in [7, 11) is 1.53. The van der Waals surface area contributed by atoms with Crippen LogP contribution in [0.3, 0.4) is 0 Å². The highest BCUT2D eigenvalue weighted by Crippen LogP contribution is 2.33. The Morgan fingerprint density at radius 2 is 2.32 bits per heavy atom. The first kappa shape index (κ1) is 14.6. The second-order valence-electron chi connectivity index (χ2n) is 5.45. The maximum absolute atomic E-state index is 12.0. The van der Waals surface area contributed by atoms with E-state index in [2.05, 4.69) is 5.16 Å². The summed E-state index contributed by atoms with van der Waals surface area (Å²) in [6, 6.07) is -0.185. The summed E-state index contributed by atoms with van der Waals surface area (Å²) in [5.41, 5.74) is 1.30. The number of rotatable bonds is 3. The summed E-state index contributed by atoms with van der Waals surface area (Å²) in [6.07, 6.45) is -1.47. The Morgan fingerprint density at radius 1 is 1.55 bits per heavy atom. The Balaban J connectivity index is 1.86. The Hall–Kier alpha value is -2.29. The fourth-order valence-electron chi connectivity index (χ4n) is 2.80. The number of nitrogens with zero attached hydrogens (tertiary/aromatic N) is 3. The molecule has 2 unspecified atom stereocenters. The molecule has 1 aromatic rings. The number of amides is 2. The van der Waals surface area contributed by atoms with Crippen molar-refractivity contribution in [2.24, 2.45) is 0 Å². The second-order valence-corrected chi connectivity index (χ2v) is 5.45. The van der Waals surface area contributed by atoms with Crippen molar-refractivity contribution in [1.29, 1.82) is 0 Å². The van der Waals surface area contributed by atoms with Gasteiger partial charge in [-0.2, -0.15) is 0 Å². The largest absolute Gasteiger partial charge is 0.465 e. The SMILES string of the molecule is COCC1CN(c2onc3c2CN(C(=O)O)C(C)C3)C(=O)O1. The van der Waals surface area contributed by atoms with E-state index in [-0.39, 0.29) is 37.7 Å². The number of cyclic esters (lactones) is 1. The van der Waals surface area contributed by atoms with Crippen LogP contribution in [0.1, 0.15) is 18.2 Å². The van der Waals surface area contributed by atoms with Crippen molar-refractivity contribution in [2.75, 3.05) is 25.2 Å². The van der Waals surface area contributed by atoms with E-state index in [1.54, 1.807) is 0 Å². The minimum Gasteiger partial charge on any atom is -0.465 e. The average Bonchev–Trinajstić information content (AvgIpc) is 3.01. The monoisotopic (exact) mass is 311 g/mol. The van der Waals surface area contributed by atoms with Crippen LogP contribution in [0.2, 0.25) is 0 Å². The Morgan fingerprint density at radius 3 is 3.00 bits per heavy atom. The summed E-state index contributed by atoms with van der Waals surface area (Å²) in [6.45, 7) is 2.53. The topological polar surface area (TPSA) is 105 Å². The summed E-state index contributed by atoms with van der Waals surface area (Å²) in [5.74, 6) is 0.261. The normalized spacial score (nSPS) is 24.4. The van der Waals surface area contributed by atoms with Gasteiger partial charge in [0.2, 0.25) is 5.88 Å². The highest BCUT2D eigenvalue weighted by Gasteiger charge is 2.39. The lowest BCUT2D eigenvalue weighted by Crippen LogP contribution is -2.42. The average molecular weight is 311 g/mol. The molecule has 1 saturated heterocycles. The van der Waals surface area contributed by atoms with Gasteiger partial charge in [0.25, 0.3) is 0 Å². The number of carboxylic acid groups (broad SMARTS) is 1. The number of fused-ring (bicyclic) bond motifs is 1. The molecule has 0 bridgehead atoms. The van der Waals surface area contributed by atoms with Crippen molar-refractivity contribution in [3.05, 3.63) is 11.3 Å². The van der Waals surface area contributed by atoms with Crippen LogP contribution < -0.4 is 4.90 Å². The second kappa shape index (κ2) is 5.48. The third-order valence-corrected chi connectivity index (χ3v) is 3.92. The van der Waals surface area contributed by atoms with Crippen LogP contribution in [0.4, 0.5) is 15.5 Å². The molecule has 2 aliphatic rings. The van der Waals surface area contributed by atoms with Crippen LogP contribution in [0, 0.1) is 0 Å². The third-order valence-electron chi connectivity index (χ3n) is 3.92. The molecule has 0 radical (unpaired) electrons. The molecule has 120 valence electrons. The molecule has 0 aromatic carbocycles. The minimum atomic E-state index is -1.01. The quantitative estimate of drug-likeness (QED) is 0.890. The first-order valence-electron chi connectivity index (χ1n) is 6.95. The van der Waals surface area contributed by atoms with Crippen molar-refractivity contribution >= 4 is 18.1 Å². The zero-order valence-corrected chi connectivity index (χ0v) is 12.3. The summed E-state index contributed by atoms with van der Waals surface area (Å²) in [4.78, 5) is 25.9. The number of methoxy groups -OCH3 is 1. The predicted octanol–water partition coefficient (Wildman–Crippen LogP) is 1.07. The molecule has 0 saturated carbocycles. The molecule has 1 N–H and O–H groups in total. The summed E-state index contributed by atoms with van der Waals surface area (Å²) < 4.78 is 15.4. The maximum atomic E-state index is 12.0. The molecule has 22 heavy (non-hydrogen) atoms. The van der Waals surface area contributed by atoms with E-state index >= 15 is 0 Å². The van der Waals surface area contributed by atoms with Gasteiger partial charge in [-0.3, -0.25) is 0 Å². The van der Waals surface area contributed by atoms with Crippen molar-refractivity contribution in [3.63, 3.8) is 0 Å². The molecule has 1 aromatic heterocycles. The van der Waals surface area contributed by atoms with Crippen LogP contribution >= 0.6 is 0 Å². The maximum Gasteiger partial charge on any atom is 0.417 e. The van der Waals surface area contributed by atoms with E-state index in [0.29, 0.717) is 17.7 Å². The van der Waals surface area contributed by atoms with Gasteiger partial charge in [-0.05, 0) is 6.92 Å². The molecule has 9 heteroatoms. The number of aromatic nitrogens is 1. The van der Waals surface area contributed by atoms with Crippen LogP contribution in [-0.2, 0) is 22.4 Å². The molecule has 0 aliphatic carbocycles. The highest BCUT2D eigenvalue weighted by atomic mass is 16.6. The molecule has 0 spiro atoms. The molecular formula is C13H17N3O6. The standard InChI is InChI=1S/C13H17N3O6/c1-7-3-10-9(5-15(7)12(17)18)11(22-14-10)16-4-8(6-20-2)21-13(16)19/h7-8H,3-6H2,1-2H3,(H,17,18). The lowest BCUT2D eigenvalue weighted by molar-refractivity contribution is 0.0718. The molecule has 3 rings (SSSR count). The molecular weight excluding hydrogens is 294 g/mol. The summed E-state index contributed by atoms with van der Waals surface area (Å²) in [5, 5.41) is 13.2. The van der Waals surface area contributed by atoms with Gasteiger partial charge in [-0.1, -0.05) is 5.16 Å². The fraction of sp³-hybridized carbons (Fsp3) is 0.615. The fourth-order valence-corrected chi connectivity index (χ4v) is 2.80. The van der Waals surface area contributed by atoms with Crippen LogP contribution in [-0.4, -0.2) is 59.8 Å². The van der Waals surface area contributed by atoms with Gasteiger partial charge in [0.15, 0.2) is 0 Å². The van der Waals surface area contributed by atoms with Gasteiger partial charge in [-0.15, -0.1) is 0 Å². The smallest absolute Gasteiger partial charge is 0.417 e. The van der Waals surface area contributed by atoms with E-state index in [0.717, 1.165) is 0 Å². The van der Waals surface area contributed by atoms with Gasteiger partial charge in [0.05, 0.1) is 31.0 Å². The van der Waals surface area contributed by atoms with Crippen molar-refractivity contribution in [3.8, 4) is 0 Å². The van der Waals surface area contributed by atoms with Gasteiger partial charge >= 0.3 is 12.2 Å². The summed E-state index contributed by atoms with van der Waals surface area (Å²) >= 11 is 0. The number of carbonyl (C=O) groups is 2. The van der Waals surface area contributed by atoms with Gasteiger partial charge in [0.1, 0.15) is 6.10 Å². The highest BCUT2D eigenvalue weighted by molar-refractivity contribution is 5.89. The van der Waals surface area contributed by atoms with Gasteiger partial charge in [0, 0.05) is 19.6 Å². The minimum absolute atomic E-state index is 0.142. The van der Waals surface area contributed by atoms with Crippen molar-refractivity contribution < 1.29 is 28.7 Å². The van der Waals surface area contributed by atoms with Crippen molar-refractivity contribution in [2.45, 2.75) is 32.0 Å². The number of hydrogen-bond acceptors (Lipinski definition) is 6. The number of hydrogen-bond donors (Lipinski definition) is 1. The lowest BCUT2D eigenvalue weighted by atomic mass is 10.0. The van der Waals surface area contributed by atoms with E-state index in [9.17, 15) is 14.7 Å². The molecule has 9 nitrogen and oxygen atoms in total. The third kappa shape index (κ3) is 2.37. The molecule has 1 fully saturated rings. The van der Waals surface area contributed by atoms with Crippen LogP contribution in [0.25, 0.3) is 0 Å². The molecule has 2 aliphatic heterocycles. The van der Waals surface area contributed by atoms with Crippen LogP contribution in [0.15, 0.2) is 4.52 Å². The first-order valence-corrected chi connectivity index (χ1v) is 6.95. The zero-order chi connectivity index (χ0) is 15.9. The van der Waals surface area contributed by atoms with Crippen LogP contribution in [0.5, 0.6) is 0 Å². The lowest BCUT2D eigenvalue weighted by Gasteiger charge is -2.30. The molecule has 2 amide bonds. The number of carbonyl (C=O) groups excluding carboxylic acids is 1. The van der Waals surface area contributed by atoms with E-state index < -0.39 is 12.2 Å². The Kier molecular flexibility index (Phi) is 3.65. The number of anilines is 1.